The molecule has 1 heterocycles. The van der Waals surface area contributed by atoms with E-state index in [2.05, 4.69) is 0 Å². The molecule has 0 bridgehead atoms. The van der Waals surface area contributed by atoms with Crippen LogP contribution in [-0.4, -0.2) is 75.5 Å². The second-order valence-corrected chi connectivity index (χ2v) is 4.66. The lowest BCUT2D eigenvalue weighted by atomic mass is 9.93. The number of carboxylic acids is 1. The van der Waals surface area contributed by atoms with Crippen LogP contribution in [0.5, 0.6) is 0 Å². The molecule has 1 aliphatic heterocycles. The number of carbonyl (C=O) groups is 2. The van der Waals surface area contributed by atoms with E-state index in [1.54, 1.807) is 6.92 Å². The van der Waals surface area contributed by atoms with Gasteiger partial charge in [-0.25, -0.2) is 9.59 Å². The molecule has 1 aliphatic rings. The number of carbonyl (C=O) groups excluding carboxylic acids is 1. The van der Waals surface area contributed by atoms with Crippen molar-refractivity contribution in [3.8, 4) is 0 Å². The van der Waals surface area contributed by atoms with Gasteiger partial charge in [-0.1, -0.05) is 6.92 Å². The maximum Gasteiger partial charge on any atom is 0.329 e. The van der Waals surface area contributed by atoms with Crippen LogP contribution in [-0.2, 0) is 4.79 Å². The summed E-state index contributed by atoms with van der Waals surface area (Å²) in [4.78, 5) is 26.5. The molecule has 1 atom stereocenters. The Bertz CT molecular complexity index is 330. The molecule has 0 radical (unpaired) electrons. The smallest absolute Gasteiger partial charge is 0.329 e. The fourth-order valence-electron chi connectivity index (χ4n) is 2.61. The number of urea groups is 1. The van der Waals surface area contributed by atoms with E-state index in [1.165, 1.54) is 9.80 Å². The number of hydrogen-bond acceptors (Lipinski definition) is 4. The molecule has 0 aliphatic carbocycles. The summed E-state index contributed by atoms with van der Waals surface area (Å²) in [5.74, 6) is -0.992. The van der Waals surface area contributed by atoms with Crippen molar-refractivity contribution >= 4 is 12.0 Å². The first kappa shape index (κ1) is 15.7. The number of nitrogens with zero attached hydrogens (tertiary/aromatic N) is 2. The van der Waals surface area contributed by atoms with E-state index < -0.39 is 17.5 Å². The van der Waals surface area contributed by atoms with E-state index in [-0.39, 0.29) is 26.3 Å². The molecule has 1 saturated heterocycles. The summed E-state index contributed by atoms with van der Waals surface area (Å²) in [6.45, 7) is 1.90. The predicted molar refractivity (Wildman–Crippen MR) is 67.7 cm³/mol. The van der Waals surface area contributed by atoms with Gasteiger partial charge in [0.2, 0.25) is 0 Å². The van der Waals surface area contributed by atoms with E-state index in [0.29, 0.717) is 25.8 Å². The summed E-state index contributed by atoms with van der Waals surface area (Å²) in [5.41, 5.74) is -1.15. The van der Waals surface area contributed by atoms with Gasteiger partial charge in [0.25, 0.3) is 0 Å². The average molecular weight is 274 g/mol. The van der Waals surface area contributed by atoms with Crippen molar-refractivity contribution in [1.82, 2.24) is 9.80 Å². The number of likely N-dealkylation sites (tertiary alicyclic amines) is 1. The lowest BCUT2D eigenvalue weighted by Gasteiger charge is -2.37. The first-order valence-electron chi connectivity index (χ1n) is 6.55. The summed E-state index contributed by atoms with van der Waals surface area (Å²) >= 11 is 0. The monoisotopic (exact) mass is 274 g/mol. The third kappa shape index (κ3) is 2.98. The average Bonchev–Trinajstić information content (AvgIpc) is 2.82. The molecule has 0 spiro atoms. The van der Waals surface area contributed by atoms with Crippen molar-refractivity contribution < 1.29 is 24.9 Å². The first-order chi connectivity index (χ1) is 9.03. The highest BCUT2D eigenvalue weighted by molar-refractivity contribution is 5.87. The lowest BCUT2D eigenvalue weighted by molar-refractivity contribution is -0.148. The maximum absolute atomic E-state index is 12.4. The topological polar surface area (TPSA) is 101 Å². The van der Waals surface area contributed by atoms with Gasteiger partial charge in [-0.3, -0.25) is 0 Å². The van der Waals surface area contributed by atoms with Crippen LogP contribution in [0, 0.1) is 0 Å². The summed E-state index contributed by atoms with van der Waals surface area (Å²) < 4.78 is 0. The second kappa shape index (κ2) is 6.72. The van der Waals surface area contributed by atoms with Gasteiger partial charge < -0.3 is 25.1 Å². The van der Waals surface area contributed by atoms with Gasteiger partial charge in [-0.15, -0.1) is 0 Å². The Morgan fingerprint density at radius 3 is 2.26 bits per heavy atom. The minimum absolute atomic E-state index is 0.0926. The van der Waals surface area contributed by atoms with E-state index >= 15 is 0 Å². The minimum Gasteiger partial charge on any atom is -0.479 e. The fraction of sp³-hybridized carbons (Fsp3) is 0.833. The summed E-state index contributed by atoms with van der Waals surface area (Å²) in [7, 11) is 0. The van der Waals surface area contributed by atoms with Crippen molar-refractivity contribution in [1.29, 1.82) is 0 Å². The molecule has 0 aromatic carbocycles. The number of rotatable bonds is 6. The van der Waals surface area contributed by atoms with Crippen LogP contribution >= 0.6 is 0 Å². The number of carboxylic acid groups (broad SMARTS) is 1. The third-order valence-electron chi connectivity index (χ3n) is 3.71. The highest BCUT2D eigenvalue weighted by Gasteiger charge is 2.49. The lowest BCUT2D eigenvalue weighted by Crippen LogP contribution is -2.57. The second-order valence-electron chi connectivity index (χ2n) is 4.66. The van der Waals surface area contributed by atoms with E-state index in [4.69, 9.17) is 10.2 Å². The molecule has 19 heavy (non-hydrogen) atoms. The SMILES string of the molecule is CCC1(C(=O)O)CCCN1C(=O)N(CCO)CCO. The van der Waals surface area contributed by atoms with Gasteiger partial charge in [0.05, 0.1) is 13.2 Å². The standard InChI is InChI=1S/C12H22N2O5/c1-2-12(10(17)18)4-3-5-14(12)11(19)13(6-8-15)7-9-16/h15-16H,2-9H2,1H3,(H,17,18). The number of hydrogen-bond donors (Lipinski definition) is 3. The molecule has 2 amide bonds. The Morgan fingerprint density at radius 1 is 1.26 bits per heavy atom. The largest absolute Gasteiger partial charge is 0.479 e. The van der Waals surface area contributed by atoms with Crippen LogP contribution in [0.25, 0.3) is 0 Å². The molecule has 0 saturated carbocycles. The van der Waals surface area contributed by atoms with Gasteiger partial charge in [0.15, 0.2) is 0 Å². The van der Waals surface area contributed by atoms with Gasteiger partial charge in [-0.05, 0) is 19.3 Å². The highest BCUT2D eigenvalue weighted by atomic mass is 16.4. The van der Waals surface area contributed by atoms with Crippen LogP contribution in [0.3, 0.4) is 0 Å². The molecule has 0 aromatic rings. The zero-order chi connectivity index (χ0) is 14.5. The normalized spacial score (nSPS) is 22.6. The maximum atomic E-state index is 12.4. The van der Waals surface area contributed by atoms with Gasteiger partial charge in [0.1, 0.15) is 5.54 Å². The Kier molecular flexibility index (Phi) is 5.56. The molecule has 7 nitrogen and oxygen atoms in total. The summed E-state index contributed by atoms with van der Waals surface area (Å²) in [6.07, 6.45) is 1.44. The predicted octanol–water partition coefficient (Wildman–Crippen LogP) is -0.278. The van der Waals surface area contributed by atoms with Crippen molar-refractivity contribution in [3.63, 3.8) is 0 Å². The van der Waals surface area contributed by atoms with Gasteiger partial charge in [-0.2, -0.15) is 0 Å². The minimum atomic E-state index is -1.15. The first-order valence-corrected chi connectivity index (χ1v) is 6.55. The Morgan fingerprint density at radius 2 is 1.84 bits per heavy atom. The molecular weight excluding hydrogens is 252 g/mol. The molecule has 110 valence electrons. The van der Waals surface area contributed by atoms with Crippen LogP contribution < -0.4 is 0 Å². The molecular formula is C12H22N2O5. The number of aliphatic hydroxyl groups is 2. The van der Waals surface area contributed by atoms with E-state index in [0.717, 1.165) is 0 Å². The number of aliphatic carboxylic acids is 1. The van der Waals surface area contributed by atoms with Crippen LogP contribution in [0.4, 0.5) is 4.79 Å². The van der Waals surface area contributed by atoms with Crippen molar-refractivity contribution in [2.24, 2.45) is 0 Å². The molecule has 0 aromatic heterocycles. The molecule has 1 fully saturated rings. The number of aliphatic hydroxyl groups excluding tert-OH is 2. The molecule has 7 heteroatoms. The highest BCUT2D eigenvalue weighted by Crippen LogP contribution is 2.33. The van der Waals surface area contributed by atoms with Gasteiger partial charge >= 0.3 is 12.0 Å². The van der Waals surface area contributed by atoms with E-state index in [9.17, 15) is 14.7 Å². The third-order valence-corrected chi connectivity index (χ3v) is 3.71. The Hall–Kier alpha value is -1.34. The van der Waals surface area contributed by atoms with Crippen LogP contribution in [0.15, 0.2) is 0 Å². The van der Waals surface area contributed by atoms with E-state index in [1.807, 2.05) is 0 Å². The van der Waals surface area contributed by atoms with Gasteiger partial charge in [0, 0.05) is 19.6 Å². The quantitative estimate of drug-likeness (QED) is 0.618. The van der Waals surface area contributed by atoms with Crippen molar-refractivity contribution in [2.45, 2.75) is 31.7 Å². The summed E-state index contributed by atoms with van der Waals surface area (Å²) in [5, 5.41) is 27.3. The molecule has 1 unspecified atom stereocenters. The Balaban J connectivity index is 2.92. The summed E-state index contributed by atoms with van der Waals surface area (Å²) in [6, 6.07) is -0.426. The van der Waals surface area contributed by atoms with Crippen molar-refractivity contribution in [2.75, 3.05) is 32.8 Å². The zero-order valence-electron chi connectivity index (χ0n) is 11.2. The fourth-order valence-corrected chi connectivity index (χ4v) is 2.61. The van der Waals surface area contributed by atoms with Crippen LogP contribution in [0.2, 0.25) is 0 Å². The van der Waals surface area contributed by atoms with Crippen molar-refractivity contribution in [3.05, 3.63) is 0 Å². The Labute approximate surface area is 112 Å². The molecule has 3 N–H and O–H groups in total. The molecule has 1 rings (SSSR count). The zero-order valence-corrected chi connectivity index (χ0v) is 11.2. The number of amides is 2. The van der Waals surface area contributed by atoms with Crippen LogP contribution in [0.1, 0.15) is 26.2 Å².